The second-order valence-corrected chi connectivity index (χ2v) is 6.21. The van der Waals surface area contributed by atoms with Gasteiger partial charge in [0, 0.05) is 10.6 Å². The summed E-state index contributed by atoms with van der Waals surface area (Å²) >= 11 is 1.62. The first-order valence-corrected chi connectivity index (χ1v) is 8.51. The number of benzene rings is 1. The molecule has 0 bridgehead atoms. The van der Waals surface area contributed by atoms with Crippen LogP contribution in [0.25, 0.3) is 0 Å². The summed E-state index contributed by atoms with van der Waals surface area (Å²) in [5.41, 5.74) is 0.0133. The van der Waals surface area contributed by atoms with Crippen molar-refractivity contribution >= 4 is 29.3 Å². The Bertz CT molecular complexity index is 555. The van der Waals surface area contributed by atoms with Gasteiger partial charge in [0.1, 0.15) is 11.6 Å². The van der Waals surface area contributed by atoms with E-state index in [1.54, 1.807) is 23.6 Å². The summed E-state index contributed by atoms with van der Waals surface area (Å²) in [6.45, 7) is 5.65. The van der Waals surface area contributed by atoms with E-state index in [4.69, 9.17) is 0 Å². The third-order valence-electron chi connectivity index (χ3n) is 4.30. The van der Waals surface area contributed by atoms with E-state index in [0.29, 0.717) is 12.8 Å². The normalized spacial score (nSPS) is 21.3. The van der Waals surface area contributed by atoms with Crippen LogP contribution in [0.4, 0.5) is 5.69 Å². The van der Waals surface area contributed by atoms with Crippen molar-refractivity contribution in [1.29, 1.82) is 0 Å². The molecule has 4 nitrogen and oxygen atoms in total. The topological polar surface area (TPSA) is 49.4 Å². The summed E-state index contributed by atoms with van der Waals surface area (Å²) in [5.74, 6) is -0.106. The molecule has 1 unspecified atom stereocenters. The molecule has 1 saturated heterocycles. The number of piperazine rings is 1. The quantitative estimate of drug-likeness (QED) is 0.870. The van der Waals surface area contributed by atoms with Crippen LogP contribution < -0.4 is 10.2 Å². The van der Waals surface area contributed by atoms with Crippen LogP contribution in [-0.4, -0.2) is 29.7 Å². The molecule has 1 aromatic carbocycles. The molecule has 1 aliphatic heterocycles. The van der Waals surface area contributed by atoms with Gasteiger partial charge < -0.3 is 5.32 Å². The van der Waals surface area contributed by atoms with Crippen molar-refractivity contribution in [2.45, 2.75) is 50.1 Å². The van der Waals surface area contributed by atoms with Gasteiger partial charge in [0.25, 0.3) is 5.91 Å². The molecule has 21 heavy (non-hydrogen) atoms. The number of thioether (sulfide) groups is 1. The molecule has 0 radical (unpaired) electrons. The molecule has 1 N–H and O–H groups in total. The lowest BCUT2D eigenvalue weighted by molar-refractivity contribution is -0.138. The fraction of sp³-hybridized carbons (Fsp3) is 0.500. The van der Waals surface area contributed by atoms with Gasteiger partial charge in [-0.25, -0.2) is 0 Å². The van der Waals surface area contributed by atoms with E-state index in [-0.39, 0.29) is 11.8 Å². The molecule has 5 heteroatoms. The van der Waals surface area contributed by atoms with Gasteiger partial charge in [-0.1, -0.05) is 19.9 Å². The molecule has 1 atom stereocenters. The highest BCUT2D eigenvalue weighted by molar-refractivity contribution is 7.98. The number of carbonyl (C=O) groups excluding carboxylic acids is 2. The van der Waals surface area contributed by atoms with Gasteiger partial charge in [0.05, 0.1) is 0 Å². The van der Waals surface area contributed by atoms with Crippen molar-refractivity contribution in [3.63, 3.8) is 0 Å². The first-order chi connectivity index (χ1) is 9.99. The van der Waals surface area contributed by atoms with Crippen molar-refractivity contribution in [3.8, 4) is 0 Å². The minimum Gasteiger partial charge on any atom is -0.340 e. The zero-order valence-corrected chi connectivity index (χ0v) is 13.8. The van der Waals surface area contributed by atoms with Gasteiger partial charge in [-0.2, -0.15) is 0 Å². The molecule has 1 aliphatic rings. The largest absolute Gasteiger partial charge is 0.340 e. The van der Waals surface area contributed by atoms with Gasteiger partial charge in [-0.15, -0.1) is 11.8 Å². The SMILES string of the molecule is CCC1(CC)NC(=O)C(C)N(c2cccc(SC)c2)C1=O. The average Bonchev–Trinajstić information content (AvgIpc) is 2.51. The van der Waals surface area contributed by atoms with Crippen molar-refractivity contribution in [3.05, 3.63) is 24.3 Å². The molecular formula is C16H22N2O2S. The predicted octanol–water partition coefficient (Wildman–Crippen LogP) is 2.82. The molecule has 0 spiro atoms. The Hall–Kier alpha value is -1.49. The highest BCUT2D eigenvalue weighted by Gasteiger charge is 2.47. The van der Waals surface area contributed by atoms with Gasteiger partial charge in [0.15, 0.2) is 0 Å². The number of anilines is 1. The average molecular weight is 306 g/mol. The number of carbonyl (C=O) groups is 2. The Labute approximate surface area is 130 Å². The number of rotatable bonds is 4. The molecule has 0 saturated carbocycles. The molecule has 2 amide bonds. The third kappa shape index (κ3) is 2.67. The third-order valence-corrected chi connectivity index (χ3v) is 5.02. The lowest BCUT2D eigenvalue weighted by atomic mass is 9.87. The van der Waals surface area contributed by atoms with E-state index in [9.17, 15) is 9.59 Å². The summed E-state index contributed by atoms with van der Waals surface area (Å²) in [6, 6.07) is 7.30. The number of nitrogens with one attached hydrogen (secondary N) is 1. The zero-order chi connectivity index (χ0) is 15.6. The summed E-state index contributed by atoms with van der Waals surface area (Å²) in [7, 11) is 0. The fourth-order valence-corrected chi connectivity index (χ4v) is 3.20. The van der Waals surface area contributed by atoms with E-state index in [2.05, 4.69) is 5.32 Å². The van der Waals surface area contributed by atoms with E-state index in [1.165, 1.54) is 0 Å². The van der Waals surface area contributed by atoms with Crippen LogP contribution in [0.15, 0.2) is 29.2 Å². The van der Waals surface area contributed by atoms with Crippen molar-refractivity contribution in [1.82, 2.24) is 5.32 Å². The molecular weight excluding hydrogens is 284 g/mol. The van der Waals surface area contributed by atoms with E-state index >= 15 is 0 Å². The van der Waals surface area contributed by atoms with Crippen molar-refractivity contribution in [2.24, 2.45) is 0 Å². The molecule has 0 aliphatic carbocycles. The van der Waals surface area contributed by atoms with Gasteiger partial charge >= 0.3 is 0 Å². The maximum atomic E-state index is 13.0. The Morgan fingerprint density at radius 2 is 1.95 bits per heavy atom. The van der Waals surface area contributed by atoms with E-state index in [0.717, 1.165) is 10.6 Å². The van der Waals surface area contributed by atoms with Crippen LogP contribution in [-0.2, 0) is 9.59 Å². The van der Waals surface area contributed by atoms with Crippen LogP contribution in [0.5, 0.6) is 0 Å². The Morgan fingerprint density at radius 3 is 2.52 bits per heavy atom. The highest BCUT2D eigenvalue weighted by Crippen LogP contribution is 2.31. The second kappa shape index (κ2) is 6.10. The molecule has 0 aromatic heterocycles. The van der Waals surface area contributed by atoms with Gasteiger partial charge in [-0.05, 0) is 44.2 Å². The highest BCUT2D eigenvalue weighted by atomic mass is 32.2. The fourth-order valence-electron chi connectivity index (χ4n) is 2.75. The van der Waals surface area contributed by atoms with Gasteiger partial charge in [-0.3, -0.25) is 14.5 Å². The molecule has 1 aromatic rings. The summed E-state index contributed by atoms with van der Waals surface area (Å²) in [6.07, 6.45) is 3.19. The van der Waals surface area contributed by atoms with E-state index < -0.39 is 11.6 Å². The van der Waals surface area contributed by atoms with Crippen molar-refractivity contribution in [2.75, 3.05) is 11.2 Å². The predicted molar refractivity (Wildman–Crippen MR) is 86.6 cm³/mol. The minimum absolute atomic E-state index is 0.0159. The first-order valence-electron chi connectivity index (χ1n) is 7.28. The Morgan fingerprint density at radius 1 is 1.29 bits per heavy atom. The summed E-state index contributed by atoms with van der Waals surface area (Å²) in [5, 5.41) is 2.92. The van der Waals surface area contributed by atoms with Gasteiger partial charge in [0.2, 0.25) is 5.91 Å². The summed E-state index contributed by atoms with van der Waals surface area (Å²) in [4.78, 5) is 28.0. The lowest BCUT2D eigenvalue weighted by Crippen LogP contribution is -2.69. The molecule has 114 valence electrons. The Kier molecular flexibility index (Phi) is 4.61. The minimum atomic E-state index is -0.779. The lowest BCUT2D eigenvalue weighted by Gasteiger charge is -2.44. The maximum Gasteiger partial charge on any atom is 0.253 e. The standard InChI is InChI=1S/C16H22N2O2S/c1-5-16(6-2)15(20)18(11(3)14(19)17-16)12-8-7-9-13(10-12)21-4/h7-11H,5-6H2,1-4H3,(H,17,19). The van der Waals surface area contributed by atoms with E-state index in [1.807, 2.05) is 44.4 Å². The number of amides is 2. The molecule has 2 rings (SSSR count). The maximum absolute atomic E-state index is 13.0. The second-order valence-electron chi connectivity index (χ2n) is 5.33. The smallest absolute Gasteiger partial charge is 0.253 e. The van der Waals surface area contributed by atoms with Crippen LogP contribution in [0.2, 0.25) is 0 Å². The number of hydrogen-bond donors (Lipinski definition) is 1. The Balaban J connectivity index is 2.48. The number of nitrogens with zero attached hydrogens (tertiary/aromatic N) is 1. The molecule has 1 heterocycles. The summed E-state index contributed by atoms with van der Waals surface area (Å²) < 4.78 is 0. The zero-order valence-electron chi connectivity index (χ0n) is 13.0. The van der Waals surface area contributed by atoms with Crippen molar-refractivity contribution < 1.29 is 9.59 Å². The van der Waals surface area contributed by atoms with Crippen LogP contribution in [0.3, 0.4) is 0 Å². The first kappa shape index (κ1) is 15.9. The number of hydrogen-bond acceptors (Lipinski definition) is 3. The van der Waals surface area contributed by atoms with Crippen LogP contribution in [0, 0.1) is 0 Å². The van der Waals surface area contributed by atoms with Crippen LogP contribution in [0.1, 0.15) is 33.6 Å². The monoisotopic (exact) mass is 306 g/mol. The molecule has 1 fully saturated rings. The van der Waals surface area contributed by atoms with Crippen LogP contribution >= 0.6 is 11.8 Å².